The Balaban J connectivity index is 2.11. The molecule has 138 valence electrons. The third-order valence-electron chi connectivity index (χ3n) is 4.46. The molecule has 0 radical (unpaired) electrons. The molecule has 2 unspecified atom stereocenters. The number of rotatable bonds is 8. The number of likely N-dealkylation sites (tertiary alicyclic amines) is 1. The topological polar surface area (TPSA) is 82.0 Å². The van der Waals surface area contributed by atoms with Gasteiger partial charge in [-0.25, -0.2) is 0 Å². The molecule has 2 rings (SSSR count). The summed E-state index contributed by atoms with van der Waals surface area (Å²) < 4.78 is 0. The summed E-state index contributed by atoms with van der Waals surface area (Å²) in [7, 11) is 0. The van der Waals surface area contributed by atoms with Gasteiger partial charge >= 0.3 is 0 Å². The largest absolute Gasteiger partial charge is 0.394 e. The summed E-state index contributed by atoms with van der Waals surface area (Å²) in [6.45, 7) is 5.87. The number of carbonyl (C=O) groups is 2. The van der Waals surface area contributed by atoms with Crippen molar-refractivity contribution in [2.24, 2.45) is 4.99 Å². The highest BCUT2D eigenvalue weighted by molar-refractivity contribution is 5.84. The molecule has 0 aliphatic carbocycles. The van der Waals surface area contributed by atoms with Crippen LogP contribution in [0.2, 0.25) is 0 Å². The summed E-state index contributed by atoms with van der Waals surface area (Å²) in [5, 5.41) is 12.5. The third-order valence-corrected chi connectivity index (χ3v) is 4.46. The first-order valence-corrected chi connectivity index (χ1v) is 8.67. The van der Waals surface area contributed by atoms with E-state index in [-0.39, 0.29) is 12.5 Å². The Morgan fingerprint density at radius 1 is 1.46 bits per heavy atom. The fraction of sp³-hybridized carbons (Fsp3) is 0.350. The fourth-order valence-corrected chi connectivity index (χ4v) is 3.01. The van der Waals surface area contributed by atoms with Crippen molar-refractivity contribution in [3.05, 3.63) is 53.6 Å². The molecule has 1 aliphatic rings. The van der Waals surface area contributed by atoms with Crippen molar-refractivity contribution in [1.29, 1.82) is 0 Å². The van der Waals surface area contributed by atoms with Crippen molar-refractivity contribution < 1.29 is 14.7 Å². The number of allylic oxidation sites excluding steroid dienone is 3. The number of hydrogen-bond donors (Lipinski definition) is 2. The summed E-state index contributed by atoms with van der Waals surface area (Å²) in [6.07, 6.45) is 7.82. The molecule has 1 aromatic carbocycles. The zero-order valence-electron chi connectivity index (χ0n) is 15.0. The van der Waals surface area contributed by atoms with Crippen molar-refractivity contribution in [2.75, 3.05) is 13.2 Å². The van der Waals surface area contributed by atoms with Gasteiger partial charge in [0.05, 0.1) is 18.3 Å². The van der Waals surface area contributed by atoms with E-state index in [9.17, 15) is 14.7 Å². The van der Waals surface area contributed by atoms with E-state index in [1.54, 1.807) is 0 Å². The first kappa shape index (κ1) is 19.6. The molecule has 2 N–H and O–H groups in total. The lowest BCUT2D eigenvalue weighted by Crippen LogP contribution is -2.44. The highest BCUT2D eigenvalue weighted by Crippen LogP contribution is 2.21. The van der Waals surface area contributed by atoms with Crippen LogP contribution < -0.4 is 5.32 Å². The quantitative estimate of drug-likeness (QED) is 0.425. The van der Waals surface area contributed by atoms with Gasteiger partial charge in [-0.15, -0.1) is 0 Å². The maximum absolute atomic E-state index is 12.4. The Morgan fingerprint density at radius 3 is 2.77 bits per heavy atom. The molecule has 0 aromatic heterocycles. The Bertz CT molecular complexity index is 695. The summed E-state index contributed by atoms with van der Waals surface area (Å²) in [4.78, 5) is 29.0. The Hall–Kier alpha value is -2.73. The SMILES string of the molecule is C=N/C(=C\C=C/C)c1ccc(C(CO)NC(=O)C2CCCN2C=O)cc1. The van der Waals surface area contributed by atoms with E-state index in [1.165, 1.54) is 4.90 Å². The van der Waals surface area contributed by atoms with E-state index in [1.807, 2.05) is 49.4 Å². The number of carbonyl (C=O) groups excluding carboxylic acids is 2. The van der Waals surface area contributed by atoms with Gasteiger partial charge in [-0.1, -0.05) is 36.4 Å². The summed E-state index contributed by atoms with van der Waals surface area (Å²) in [5.41, 5.74) is 2.43. The molecule has 0 spiro atoms. The summed E-state index contributed by atoms with van der Waals surface area (Å²) in [6, 6.07) is 6.46. The average molecular weight is 355 g/mol. The zero-order chi connectivity index (χ0) is 18.9. The Labute approximate surface area is 153 Å². The summed E-state index contributed by atoms with van der Waals surface area (Å²) in [5.74, 6) is -0.237. The monoisotopic (exact) mass is 355 g/mol. The van der Waals surface area contributed by atoms with Gasteiger partial charge in [-0.3, -0.25) is 14.6 Å². The number of amides is 2. The second kappa shape index (κ2) is 9.68. The smallest absolute Gasteiger partial charge is 0.243 e. The number of aliphatic imine (C=N–C) groups is 1. The van der Waals surface area contributed by atoms with Gasteiger partial charge in [0.1, 0.15) is 6.04 Å². The zero-order valence-corrected chi connectivity index (χ0v) is 15.0. The molecule has 2 amide bonds. The minimum absolute atomic E-state index is 0.222. The van der Waals surface area contributed by atoms with Gasteiger partial charge in [-0.2, -0.15) is 0 Å². The Morgan fingerprint density at radius 2 is 2.19 bits per heavy atom. The van der Waals surface area contributed by atoms with Crippen LogP contribution in [0.15, 0.2) is 47.5 Å². The van der Waals surface area contributed by atoms with E-state index in [4.69, 9.17) is 0 Å². The molecule has 26 heavy (non-hydrogen) atoms. The molecule has 1 saturated heterocycles. The first-order chi connectivity index (χ1) is 12.6. The second-order valence-corrected chi connectivity index (χ2v) is 6.10. The van der Waals surface area contributed by atoms with Crippen LogP contribution in [-0.4, -0.2) is 48.2 Å². The van der Waals surface area contributed by atoms with E-state index >= 15 is 0 Å². The molecule has 6 heteroatoms. The highest BCUT2D eigenvalue weighted by atomic mass is 16.3. The molecule has 6 nitrogen and oxygen atoms in total. The third kappa shape index (κ3) is 4.67. The van der Waals surface area contributed by atoms with Crippen molar-refractivity contribution in [3.8, 4) is 0 Å². The van der Waals surface area contributed by atoms with Crippen LogP contribution in [0.4, 0.5) is 0 Å². The minimum atomic E-state index is -0.523. The van der Waals surface area contributed by atoms with Crippen LogP contribution in [-0.2, 0) is 9.59 Å². The normalized spacial score (nSPS) is 18.8. The van der Waals surface area contributed by atoms with Crippen LogP contribution in [0.5, 0.6) is 0 Å². The lowest BCUT2D eigenvalue weighted by molar-refractivity contribution is -0.131. The molecule has 1 fully saturated rings. The molecule has 0 saturated carbocycles. The number of aliphatic hydroxyl groups is 1. The molecule has 1 aliphatic heterocycles. The molecule has 1 aromatic rings. The van der Waals surface area contributed by atoms with Gasteiger partial charge in [-0.05, 0) is 38.1 Å². The summed E-state index contributed by atoms with van der Waals surface area (Å²) >= 11 is 0. The molecular formula is C20H25N3O3. The molecule has 1 heterocycles. The van der Waals surface area contributed by atoms with Crippen LogP contribution >= 0.6 is 0 Å². The number of aliphatic hydroxyl groups excluding tert-OH is 1. The van der Waals surface area contributed by atoms with Crippen molar-refractivity contribution in [2.45, 2.75) is 31.8 Å². The first-order valence-electron chi connectivity index (χ1n) is 8.67. The van der Waals surface area contributed by atoms with Crippen molar-refractivity contribution in [1.82, 2.24) is 10.2 Å². The van der Waals surface area contributed by atoms with E-state index in [0.717, 1.165) is 23.2 Å². The molecule has 0 bridgehead atoms. The Kier molecular flexibility index (Phi) is 7.29. The fourth-order valence-electron chi connectivity index (χ4n) is 3.01. The van der Waals surface area contributed by atoms with Crippen molar-refractivity contribution >= 4 is 24.7 Å². The number of hydrogen-bond acceptors (Lipinski definition) is 4. The van der Waals surface area contributed by atoms with Crippen LogP contribution in [0.25, 0.3) is 5.70 Å². The predicted octanol–water partition coefficient (Wildman–Crippen LogP) is 2.07. The highest BCUT2D eigenvalue weighted by Gasteiger charge is 2.30. The average Bonchev–Trinajstić information content (AvgIpc) is 3.16. The van der Waals surface area contributed by atoms with Crippen molar-refractivity contribution in [3.63, 3.8) is 0 Å². The van der Waals surface area contributed by atoms with Crippen LogP contribution in [0.1, 0.15) is 36.9 Å². The van der Waals surface area contributed by atoms with Crippen LogP contribution in [0.3, 0.4) is 0 Å². The molecular weight excluding hydrogens is 330 g/mol. The maximum Gasteiger partial charge on any atom is 0.243 e. The van der Waals surface area contributed by atoms with E-state index in [0.29, 0.717) is 19.4 Å². The van der Waals surface area contributed by atoms with Crippen LogP contribution in [0, 0.1) is 0 Å². The minimum Gasteiger partial charge on any atom is -0.394 e. The predicted molar refractivity (Wildman–Crippen MR) is 103 cm³/mol. The maximum atomic E-state index is 12.4. The van der Waals surface area contributed by atoms with Gasteiger partial charge in [0.2, 0.25) is 12.3 Å². The number of benzene rings is 1. The van der Waals surface area contributed by atoms with E-state index < -0.39 is 12.1 Å². The molecule has 2 atom stereocenters. The van der Waals surface area contributed by atoms with Gasteiger partial charge in [0.15, 0.2) is 0 Å². The lowest BCUT2D eigenvalue weighted by Gasteiger charge is -2.23. The lowest BCUT2D eigenvalue weighted by atomic mass is 10.0. The van der Waals surface area contributed by atoms with Gasteiger partial charge in [0, 0.05) is 12.1 Å². The number of nitrogens with zero attached hydrogens (tertiary/aromatic N) is 2. The standard InChI is InChI=1S/C20H25N3O3/c1-3-4-6-17(21-2)15-8-10-16(11-9-15)18(13-24)22-20(26)19-7-5-12-23(19)14-25/h3-4,6,8-11,14,18-19,24H,2,5,7,12-13H2,1H3,(H,22,26)/b4-3-,17-6-. The van der Waals surface area contributed by atoms with E-state index in [2.05, 4.69) is 17.0 Å². The van der Waals surface area contributed by atoms with Gasteiger partial charge in [0.25, 0.3) is 0 Å². The van der Waals surface area contributed by atoms with Gasteiger partial charge < -0.3 is 15.3 Å². The number of nitrogens with one attached hydrogen (secondary N) is 1. The second-order valence-electron chi connectivity index (χ2n) is 6.10.